The first-order valence-electron chi connectivity index (χ1n) is 12.6. The molecule has 1 saturated heterocycles. The molecule has 0 amide bonds. The molecule has 174 valence electrons. The molecule has 5 nitrogen and oxygen atoms in total. The third kappa shape index (κ3) is 2.97. The molecule has 0 aromatic heterocycles. The van der Waals surface area contributed by atoms with Gasteiger partial charge in [0.1, 0.15) is 11.5 Å². The van der Waals surface area contributed by atoms with Crippen LogP contribution in [0, 0.1) is 29.1 Å². The van der Waals surface area contributed by atoms with Gasteiger partial charge in [-0.05, 0) is 79.4 Å². The van der Waals surface area contributed by atoms with Gasteiger partial charge in [-0.25, -0.2) is 0 Å². The number of methoxy groups -OCH3 is 1. The van der Waals surface area contributed by atoms with Gasteiger partial charge in [-0.3, -0.25) is 4.79 Å². The second-order valence-corrected chi connectivity index (χ2v) is 11.4. The fourth-order valence-electron chi connectivity index (χ4n) is 8.69. The predicted octanol–water partition coefficient (Wildman–Crippen LogP) is 4.47. The van der Waals surface area contributed by atoms with Gasteiger partial charge in [0, 0.05) is 24.7 Å². The van der Waals surface area contributed by atoms with Crippen LogP contribution in [-0.4, -0.2) is 42.6 Å². The number of carbonyl (C=O) groups is 1. The van der Waals surface area contributed by atoms with E-state index in [0.29, 0.717) is 43.2 Å². The highest BCUT2D eigenvalue weighted by Gasteiger charge is 2.64. The zero-order chi connectivity index (χ0) is 22.1. The SMILES string of the molecule is COc1ccc([C@H]2C[C@]3(C)C(=O)CC[C@@H]3[C@@H]3CCC4(O)CC5(CC[C@@H]4[C@H]32)OCCO5)cc1. The Labute approximate surface area is 190 Å². The van der Waals surface area contributed by atoms with Gasteiger partial charge in [-0.1, -0.05) is 19.1 Å². The Hall–Kier alpha value is -1.43. The highest BCUT2D eigenvalue weighted by molar-refractivity contribution is 5.87. The maximum absolute atomic E-state index is 13.1. The van der Waals surface area contributed by atoms with Gasteiger partial charge in [0.2, 0.25) is 0 Å². The summed E-state index contributed by atoms with van der Waals surface area (Å²) in [4.78, 5) is 13.1. The molecule has 1 aromatic carbocycles. The minimum absolute atomic E-state index is 0.227. The van der Waals surface area contributed by atoms with E-state index in [9.17, 15) is 9.90 Å². The van der Waals surface area contributed by atoms with Crippen molar-refractivity contribution in [3.8, 4) is 5.75 Å². The Balaban J connectivity index is 1.39. The van der Waals surface area contributed by atoms with Crippen LogP contribution in [0.1, 0.15) is 69.8 Å². The minimum Gasteiger partial charge on any atom is -0.497 e. The third-order valence-electron chi connectivity index (χ3n) is 10.1. The first-order chi connectivity index (χ1) is 15.4. The van der Waals surface area contributed by atoms with Crippen LogP contribution in [0.5, 0.6) is 5.75 Å². The number of aliphatic hydroxyl groups is 1. The van der Waals surface area contributed by atoms with E-state index in [0.717, 1.165) is 50.7 Å². The lowest BCUT2D eigenvalue weighted by Crippen LogP contribution is -2.61. The molecule has 6 rings (SSSR count). The summed E-state index contributed by atoms with van der Waals surface area (Å²) in [6, 6.07) is 8.45. The van der Waals surface area contributed by atoms with Crippen molar-refractivity contribution in [1.82, 2.24) is 0 Å². The van der Waals surface area contributed by atoms with Crippen LogP contribution in [0.2, 0.25) is 0 Å². The van der Waals surface area contributed by atoms with Crippen molar-refractivity contribution in [2.75, 3.05) is 20.3 Å². The van der Waals surface area contributed by atoms with Gasteiger partial charge in [-0.15, -0.1) is 0 Å². The van der Waals surface area contributed by atoms with Crippen LogP contribution in [0.3, 0.4) is 0 Å². The van der Waals surface area contributed by atoms with E-state index in [4.69, 9.17) is 14.2 Å². The summed E-state index contributed by atoms with van der Waals surface area (Å²) >= 11 is 0. The molecule has 5 fully saturated rings. The minimum atomic E-state index is -0.745. The summed E-state index contributed by atoms with van der Waals surface area (Å²) in [5.74, 6) is 2.58. The van der Waals surface area contributed by atoms with Crippen LogP contribution in [0.25, 0.3) is 0 Å². The molecule has 1 aromatic rings. The number of fused-ring (bicyclic) bond motifs is 5. The molecule has 1 unspecified atom stereocenters. The molecule has 1 heterocycles. The Morgan fingerprint density at radius 1 is 1.03 bits per heavy atom. The van der Waals surface area contributed by atoms with Crippen molar-refractivity contribution in [2.24, 2.45) is 29.1 Å². The maximum atomic E-state index is 13.1. The first kappa shape index (κ1) is 21.1. The Bertz CT molecular complexity index is 890. The topological polar surface area (TPSA) is 65.0 Å². The zero-order valence-electron chi connectivity index (χ0n) is 19.3. The summed E-state index contributed by atoms with van der Waals surface area (Å²) in [6.45, 7) is 3.49. The predicted molar refractivity (Wildman–Crippen MR) is 119 cm³/mol. The summed E-state index contributed by atoms with van der Waals surface area (Å²) in [5.41, 5.74) is 0.317. The standard InChI is InChI=1S/C27H36O5/c1-25-15-20(17-3-5-18(30-2)6-4-17)24-19(21(25)7-8-23(25)28)9-11-26(29)16-27(12-10-22(24)26)31-13-14-32-27/h3-6,19-22,24,29H,7-16H2,1-2H3/t19-,20+,21+,22+,24+,25-,26?/m0/s1. The molecule has 0 bridgehead atoms. The fraction of sp³-hybridized carbons (Fsp3) is 0.741. The van der Waals surface area contributed by atoms with E-state index in [1.54, 1.807) is 7.11 Å². The zero-order valence-corrected chi connectivity index (χ0v) is 19.3. The number of hydrogen-bond donors (Lipinski definition) is 1. The Kier molecular flexibility index (Phi) is 4.81. The molecule has 4 saturated carbocycles. The number of hydrogen-bond acceptors (Lipinski definition) is 5. The molecule has 0 radical (unpaired) electrons. The maximum Gasteiger partial charge on any atom is 0.171 e. The van der Waals surface area contributed by atoms with Crippen molar-refractivity contribution in [1.29, 1.82) is 0 Å². The van der Waals surface area contributed by atoms with Gasteiger partial charge >= 0.3 is 0 Å². The van der Waals surface area contributed by atoms with E-state index in [1.165, 1.54) is 5.56 Å². The molecule has 1 spiro atoms. The van der Waals surface area contributed by atoms with Gasteiger partial charge in [0.05, 0.1) is 25.9 Å². The van der Waals surface area contributed by atoms with E-state index in [2.05, 4.69) is 19.1 Å². The van der Waals surface area contributed by atoms with Crippen LogP contribution in [-0.2, 0) is 14.3 Å². The third-order valence-corrected chi connectivity index (χ3v) is 10.1. The smallest absolute Gasteiger partial charge is 0.171 e. The quantitative estimate of drug-likeness (QED) is 0.735. The molecule has 7 atom stereocenters. The lowest BCUT2D eigenvalue weighted by Gasteiger charge is -2.61. The molecule has 5 aliphatic rings. The van der Waals surface area contributed by atoms with Gasteiger partial charge in [0.25, 0.3) is 0 Å². The van der Waals surface area contributed by atoms with Crippen LogP contribution >= 0.6 is 0 Å². The molecule has 5 heteroatoms. The summed E-state index contributed by atoms with van der Waals surface area (Å²) in [5, 5.41) is 12.0. The number of Topliss-reactive ketones (excluding diaryl/α,β-unsaturated/α-hetero) is 1. The average molecular weight is 441 g/mol. The number of ether oxygens (including phenoxy) is 3. The van der Waals surface area contributed by atoms with E-state index >= 15 is 0 Å². The fourth-order valence-corrected chi connectivity index (χ4v) is 8.69. The molecule has 4 aliphatic carbocycles. The van der Waals surface area contributed by atoms with E-state index in [-0.39, 0.29) is 17.3 Å². The van der Waals surface area contributed by atoms with Crippen LogP contribution in [0.15, 0.2) is 24.3 Å². The number of ketones is 1. The number of benzene rings is 1. The van der Waals surface area contributed by atoms with Crippen molar-refractivity contribution >= 4 is 5.78 Å². The highest BCUT2D eigenvalue weighted by atomic mass is 16.7. The van der Waals surface area contributed by atoms with Crippen molar-refractivity contribution in [3.05, 3.63) is 29.8 Å². The number of rotatable bonds is 2. The second kappa shape index (κ2) is 7.28. The lowest BCUT2D eigenvalue weighted by atomic mass is 9.45. The van der Waals surface area contributed by atoms with Crippen molar-refractivity contribution in [3.63, 3.8) is 0 Å². The largest absolute Gasteiger partial charge is 0.497 e. The van der Waals surface area contributed by atoms with E-state index < -0.39 is 11.4 Å². The average Bonchev–Trinajstić information content (AvgIpc) is 3.36. The monoisotopic (exact) mass is 440 g/mol. The van der Waals surface area contributed by atoms with Gasteiger partial charge in [-0.2, -0.15) is 0 Å². The molecule has 1 N–H and O–H groups in total. The van der Waals surface area contributed by atoms with Crippen LogP contribution in [0.4, 0.5) is 0 Å². The molecule has 32 heavy (non-hydrogen) atoms. The van der Waals surface area contributed by atoms with Gasteiger partial charge < -0.3 is 19.3 Å². The van der Waals surface area contributed by atoms with Crippen LogP contribution < -0.4 is 4.74 Å². The molecule has 1 aliphatic heterocycles. The highest BCUT2D eigenvalue weighted by Crippen LogP contribution is 2.66. The van der Waals surface area contributed by atoms with Gasteiger partial charge in [0.15, 0.2) is 5.79 Å². The van der Waals surface area contributed by atoms with Crippen molar-refractivity contribution < 1.29 is 24.1 Å². The number of carbonyl (C=O) groups excluding carboxylic acids is 1. The summed E-state index contributed by atoms with van der Waals surface area (Å²) < 4.78 is 17.5. The Morgan fingerprint density at radius 2 is 1.78 bits per heavy atom. The molecular weight excluding hydrogens is 404 g/mol. The summed E-state index contributed by atoms with van der Waals surface area (Å²) in [7, 11) is 1.70. The lowest BCUT2D eigenvalue weighted by molar-refractivity contribution is -0.257. The van der Waals surface area contributed by atoms with E-state index in [1.807, 2.05) is 12.1 Å². The first-order valence-corrected chi connectivity index (χ1v) is 12.6. The summed E-state index contributed by atoms with van der Waals surface area (Å²) in [6.07, 6.45) is 6.81. The van der Waals surface area contributed by atoms with Crippen molar-refractivity contribution in [2.45, 2.75) is 75.6 Å². The Morgan fingerprint density at radius 3 is 2.50 bits per heavy atom. The molecular formula is C27H36O5. The second-order valence-electron chi connectivity index (χ2n) is 11.4. The normalized spacial score (nSPS) is 44.7.